The highest BCUT2D eigenvalue weighted by molar-refractivity contribution is 5.95. The van der Waals surface area contributed by atoms with E-state index in [-0.39, 0.29) is 17.6 Å². The van der Waals surface area contributed by atoms with E-state index in [1.807, 2.05) is 25.1 Å². The largest absolute Gasteiger partial charge is 0.383 e. The summed E-state index contributed by atoms with van der Waals surface area (Å²) in [5, 5.41) is 0. The van der Waals surface area contributed by atoms with Gasteiger partial charge in [-0.15, -0.1) is 0 Å². The van der Waals surface area contributed by atoms with Gasteiger partial charge in [-0.3, -0.25) is 14.3 Å². The Kier molecular flexibility index (Phi) is 4.47. The second-order valence-electron chi connectivity index (χ2n) is 5.15. The number of nitrogens with one attached hydrogen (secondary N) is 1. The van der Waals surface area contributed by atoms with Crippen molar-refractivity contribution in [3.05, 3.63) is 52.1 Å². The van der Waals surface area contributed by atoms with Crippen molar-refractivity contribution < 1.29 is 4.79 Å². The van der Waals surface area contributed by atoms with Crippen LogP contribution in [-0.4, -0.2) is 15.5 Å². The third-order valence-corrected chi connectivity index (χ3v) is 3.58. The lowest BCUT2D eigenvalue weighted by Crippen LogP contribution is -2.22. The van der Waals surface area contributed by atoms with Gasteiger partial charge in [0.25, 0.3) is 5.91 Å². The number of nitrogens with two attached hydrogens (primary N) is 2. The van der Waals surface area contributed by atoms with Crippen LogP contribution in [0.2, 0.25) is 0 Å². The second kappa shape index (κ2) is 6.30. The van der Waals surface area contributed by atoms with Gasteiger partial charge in [0.05, 0.1) is 0 Å². The fourth-order valence-electron chi connectivity index (χ4n) is 2.46. The second-order valence-corrected chi connectivity index (χ2v) is 5.15. The van der Waals surface area contributed by atoms with Crippen LogP contribution in [0.4, 0.5) is 5.82 Å². The molecule has 0 fully saturated rings. The van der Waals surface area contributed by atoms with E-state index in [4.69, 9.17) is 11.5 Å². The normalized spacial score (nSPS) is 12.2. The molecule has 2 rings (SSSR count). The standard InChI is InChI=1S/C15H20N4O2/c1-10(6-5-9-11-7-3-2-4-8-11)19-13(16)12(14(17)20)18-15(19)21/h2-4,7-8,10H,5-6,9,16H2,1H3,(H2,17,20)(H,18,21). The first-order valence-electron chi connectivity index (χ1n) is 6.94. The molecule has 0 aliphatic carbocycles. The van der Waals surface area contributed by atoms with Crippen LogP contribution < -0.4 is 17.2 Å². The van der Waals surface area contributed by atoms with E-state index in [0.717, 1.165) is 19.3 Å². The molecule has 6 heteroatoms. The van der Waals surface area contributed by atoms with Crippen LogP contribution in [0.25, 0.3) is 0 Å². The number of carbonyl (C=O) groups excluding carboxylic acids is 1. The maximum atomic E-state index is 11.9. The molecule has 0 radical (unpaired) electrons. The van der Waals surface area contributed by atoms with E-state index in [1.54, 1.807) is 0 Å². The molecule has 1 unspecified atom stereocenters. The van der Waals surface area contributed by atoms with Crippen LogP contribution in [0.5, 0.6) is 0 Å². The molecule has 0 spiro atoms. The Morgan fingerprint density at radius 1 is 1.33 bits per heavy atom. The average Bonchev–Trinajstić information content (AvgIpc) is 2.75. The zero-order chi connectivity index (χ0) is 15.4. The summed E-state index contributed by atoms with van der Waals surface area (Å²) in [6, 6.07) is 10.1. The van der Waals surface area contributed by atoms with Gasteiger partial charge in [0, 0.05) is 6.04 Å². The van der Waals surface area contributed by atoms with Gasteiger partial charge >= 0.3 is 5.69 Å². The minimum absolute atomic E-state index is 0.0186. The molecule has 1 atom stereocenters. The SMILES string of the molecule is CC(CCCc1ccccc1)n1c(N)c(C(N)=O)[nH]c1=O. The van der Waals surface area contributed by atoms with Gasteiger partial charge in [0.15, 0.2) is 0 Å². The summed E-state index contributed by atoms with van der Waals surface area (Å²) in [6.07, 6.45) is 2.65. The smallest absolute Gasteiger partial charge is 0.328 e. The van der Waals surface area contributed by atoms with Crippen molar-refractivity contribution in [3.63, 3.8) is 0 Å². The van der Waals surface area contributed by atoms with Crippen molar-refractivity contribution in [3.8, 4) is 0 Å². The molecule has 1 aromatic heterocycles. The molecule has 0 aliphatic rings. The van der Waals surface area contributed by atoms with Crippen LogP contribution in [0.15, 0.2) is 35.1 Å². The summed E-state index contributed by atoms with van der Waals surface area (Å²) in [4.78, 5) is 25.4. The third kappa shape index (κ3) is 3.34. The molecular weight excluding hydrogens is 268 g/mol. The predicted molar refractivity (Wildman–Crippen MR) is 82.1 cm³/mol. The highest BCUT2D eigenvalue weighted by atomic mass is 16.2. The number of nitrogens with zero attached hydrogens (tertiary/aromatic N) is 1. The maximum Gasteiger partial charge on any atom is 0.328 e. The van der Waals surface area contributed by atoms with Crippen molar-refractivity contribution in [1.29, 1.82) is 0 Å². The van der Waals surface area contributed by atoms with Gasteiger partial charge in [0.1, 0.15) is 11.5 Å². The Morgan fingerprint density at radius 2 is 2.00 bits per heavy atom. The minimum atomic E-state index is -0.722. The van der Waals surface area contributed by atoms with E-state index in [2.05, 4.69) is 17.1 Å². The number of imidazole rings is 1. The lowest BCUT2D eigenvalue weighted by molar-refractivity contribution is 0.0996. The number of H-pyrrole nitrogens is 1. The van der Waals surface area contributed by atoms with Crippen molar-refractivity contribution in [2.45, 2.75) is 32.2 Å². The molecule has 21 heavy (non-hydrogen) atoms. The Morgan fingerprint density at radius 3 is 2.57 bits per heavy atom. The Balaban J connectivity index is 2.02. The van der Waals surface area contributed by atoms with Crippen LogP contribution in [-0.2, 0) is 6.42 Å². The Hall–Kier alpha value is -2.50. The first-order valence-corrected chi connectivity index (χ1v) is 6.94. The Labute approximate surface area is 122 Å². The summed E-state index contributed by atoms with van der Waals surface area (Å²) in [6.45, 7) is 1.90. The van der Waals surface area contributed by atoms with Crippen molar-refractivity contribution >= 4 is 11.7 Å². The summed E-state index contributed by atoms with van der Waals surface area (Å²) in [5.74, 6) is -0.612. The highest BCUT2D eigenvalue weighted by Gasteiger charge is 2.18. The van der Waals surface area contributed by atoms with E-state index < -0.39 is 11.6 Å². The summed E-state index contributed by atoms with van der Waals surface area (Å²) in [5.41, 5.74) is 11.8. The molecule has 1 aromatic carbocycles. The number of amides is 1. The van der Waals surface area contributed by atoms with E-state index in [9.17, 15) is 9.59 Å². The molecule has 112 valence electrons. The number of aromatic amines is 1. The number of anilines is 1. The first-order chi connectivity index (χ1) is 10.0. The van der Waals surface area contributed by atoms with Gasteiger partial charge in [0.2, 0.25) is 0 Å². The maximum absolute atomic E-state index is 11.9. The molecule has 0 aliphatic heterocycles. The molecule has 0 saturated carbocycles. The monoisotopic (exact) mass is 288 g/mol. The molecule has 1 amide bonds. The number of aromatic nitrogens is 2. The topological polar surface area (TPSA) is 107 Å². The van der Waals surface area contributed by atoms with Crippen molar-refractivity contribution in [2.24, 2.45) is 5.73 Å². The number of hydrogen-bond donors (Lipinski definition) is 3. The molecule has 5 N–H and O–H groups in total. The van der Waals surface area contributed by atoms with Gasteiger partial charge < -0.3 is 11.5 Å². The number of benzene rings is 1. The predicted octanol–water partition coefficient (Wildman–Crippen LogP) is 1.44. The quantitative estimate of drug-likeness (QED) is 0.748. The fraction of sp³-hybridized carbons (Fsp3) is 0.333. The third-order valence-electron chi connectivity index (χ3n) is 3.58. The number of rotatable bonds is 6. The number of primary amides is 1. The molecular formula is C15H20N4O2. The van der Waals surface area contributed by atoms with Crippen LogP contribution in [0.1, 0.15) is 41.9 Å². The number of nitrogen functional groups attached to an aromatic ring is 1. The minimum Gasteiger partial charge on any atom is -0.383 e. The number of hydrogen-bond acceptors (Lipinski definition) is 3. The van der Waals surface area contributed by atoms with Crippen molar-refractivity contribution in [1.82, 2.24) is 9.55 Å². The first kappa shape index (κ1) is 14.9. The van der Waals surface area contributed by atoms with E-state index in [1.165, 1.54) is 10.1 Å². The highest BCUT2D eigenvalue weighted by Crippen LogP contribution is 2.18. The lowest BCUT2D eigenvalue weighted by Gasteiger charge is -2.14. The molecule has 1 heterocycles. The number of carbonyl (C=O) groups is 1. The van der Waals surface area contributed by atoms with Crippen LogP contribution in [0.3, 0.4) is 0 Å². The average molecular weight is 288 g/mol. The van der Waals surface area contributed by atoms with Crippen molar-refractivity contribution in [2.75, 3.05) is 5.73 Å². The molecule has 2 aromatic rings. The van der Waals surface area contributed by atoms with Gasteiger partial charge in [-0.1, -0.05) is 30.3 Å². The van der Waals surface area contributed by atoms with E-state index >= 15 is 0 Å². The van der Waals surface area contributed by atoms with Gasteiger partial charge in [-0.05, 0) is 31.7 Å². The summed E-state index contributed by atoms with van der Waals surface area (Å²) < 4.78 is 1.39. The van der Waals surface area contributed by atoms with Crippen LogP contribution >= 0.6 is 0 Å². The Bertz CT molecular complexity index is 673. The zero-order valence-corrected chi connectivity index (χ0v) is 12.0. The summed E-state index contributed by atoms with van der Waals surface area (Å²) in [7, 11) is 0. The lowest BCUT2D eigenvalue weighted by atomic mass is 10.1. The zero-order valence-electron chi connectivity index (χ0n) is 12.0. The fourth-order valence-corrected chi connectivity index (χ4v) is 2.46. The van der Waals surface area contributed by atoms with Gasteiger partial charge in [-0.2, -0.15) is 0 Å². The molecule has 6 nitrogen and oxygen atoms in total. The molecule has 0 saturated heterocycles. The van der Waals surface area contributed by atoms with Crippen LogP contribution in [0, 0.1) is 0 Å². The number of aryl methyl sites for hydroxylation is 1. The van der Waals surface area contributed by atoms with E-state index in [0.29, 0.717) is 0 Å². The molecule has 0 bridgehead atoms. The summed E-state index contributed by atoms with van der Waals surface area (Å²) >= 11 is 0. The van der Waals surface area contributed by atoms with Gasteiger partial charge in [-0.25, -0.2) is 4.79 Å².